The third kappa shape index (κ3) is 4.70. The van der Waals surface area contributed by atoms with Gasteiger partial charge in [-0.15, -0.1) is 0 Å². The van der Waals surface area contributed by atoms with E-state index in [0.717, 1.165) is 12.8 Å². The first kappa shape index (κ1) is 16.3. The molecule has 2 aromatic rings. The summed E-state index contributed by atoms with van der Waals surface area (Å²) >= 11 is 0.354. The summed E-state index contributed by atoms with van der Waals surface area (Å²) in [4.78, 5) is 12.9. The molecule has 0 amide bonds. The topological polar surface area (TPSA) is 26.3 Å². The van der Waals surface area contributed by atoms with Gasteiger partial charge in [0.05, 0.1) is 0 Å². The van der Waals surface area contributed by atoms with Crippen molar-refractivity contribution < 1.29 is 9.53 Å². The van der Waals surface area contributed by atoms with Gasteiger partial charge in [0, 0.05) is 0 Å². The average Bonchev–Trinajstić information content (AvgIpc) is 2.82. The van der Waals surface area contributed by atoms with Gasteiger partial charge in [0.2, 0.25) is 0 Å². The summed E-state index contributed by atoms with van der Waals surface area (Å²) in [6.45, 7) is 0. The molecule has 0 heterocycles. The Morgan fingerprint density at radius 2 is 1.52 bits per heavy atom. The number of esters is 1. The van der Waals surface area contributed by atoms with Gasteiger partial charge in [0.15, 0.2) is 0 Å². The Kier molecular flexibility index (Phi) is 5.90. The monoisotopic (exact) mass is 374 g/mol. The molecule has 0 aromatic heterocycles. The summed E-state index contributed by atoms with van der Waals surface area (Å²) in [5.74, 6) is -0.175. The van der Waals surface area contributed by atoms with E-state index < -0.39 is 0 Å². The molecule has 3 heteroatoms. The van der Waals surface area contributed by atoms with E-state index in [4.69, 9.17) is 4.74 Å². The van der Waals surface area contributed by atoms with Crippen molar-refractivity contribution in [1.29, 1.82) is 0 Å². The van der Waals surface area contributed by atoms with Crippen molar-refractivity contribution in [3.8, 4) is 0 Å². The van der Waals surface area contributed by atoms with Crippen LogP contribution < -0.4 is 4.46 Å². The molecule has 2 atom stereocenters. The van der Waals surface area contributed by atoms with Gasteiger partial charge in [-0.2, -0.15) is 0 Å². The molecule has 23 heavy (non-hydrogen) atoms. The van der Waals surface area contributed by atoms with Gasteiger partial charge >= 0.3 is 144 Å². The maximum absolute atomic E-state index is 12.4. The number of rotatable bonds is 4. The van der Waals surface area contributed by atoms with Crippen molar-refractivity contribution in [3.05, 3.63) is 66.2 Å². The van der Waals surface area contributed by atoms with Crippen molar-refractivity contribution in [3.63, 3.8) is 0 Å². The van der Waals surface area contributed by atoms with Crippen LogP contribution in [0, 0.1) is 0 Å². The summed E-state index contributed by atoms with van der Waals surface area (Å²) in [6.07, 6.45) is 5.89. The van der Waals surface area contributed by atoms with Crippen LogP contribution in [0.4, 0.5) is 0 Å². The van der Waals surface area contributed by atoms with Gasteiger partial charge in [0.25, 0.3) is 0 Å². The van der Waals surface area contributed by atoms with Crippen molar-refractivity contribution in [2.45, 2.75) is 43.0 Å². The van der Waals surface area contributed by atoms with Gasteiger partial charge in [0.1, 0.15) is 0 Å². The van der Waals surface area contributed by atoms with E-state index in [9.17, 15) is 4.79 Å². The van der Waals surface area contributed by atoms with Crippen LogP contribution in [0.15, 0.2) is 60.7 Å². The Morgan fingerprint density at radius 3 is 2.26 bits per heavy atom. The predicted molar refractivity (Wildman–Crippen MR) is 94.3 cm³/mol. The molecule has 1 fully saturated rings. The zero-order chi connectivity index (χ0) is 15.9. The summed E-state index contributed by atoms with van der Waals surface area (Å²) < 4.78 is 7.31. The fourth-order valence-corrected chi connectivity index (χ4v) is 5.67. The van der Waals surface area contributed by atoms with Gasteiger partial charge in [-0.3, -0.25) is 0 Å². The zero-order valence-electron chi connectivity index (χ0n) is 13.2. The van der Waals surface area contributed by atoms with Crippen LogP contribution in [0.25, 0.3) is 0 Å². The van der Waals surface area contributed by atoms with Crippen LogP contribution in [-0.2, 0) is 4.74 Å². The number of ether oxygens (including phenoxy) is 1. The third-order valence-corrected chi connectivity index (χ3v) is 7.10. The molecule has 2 nitrogen and oxygen atoms in total. The Labute approximate surface area is 144 Å². The standard InChI is InChI=1S/C20H22O2Se/c21-20(16-10-4-1-5-11-16)22-18-14-8-3-9-15-19(18)23-17-12-6-2-7-13-17/h1-2,4-7,10-13,18-19H,3,8-9,14-15H2. The fourth-order valence-electron chi connectivity index (χ4n) is 2.96. The van der Waals surface area contributed by atoms with Crippen LogP contribution in [0.3, 0.4) is 0 Å². The first-order valence-electron chi connectivity index (χ1n) is 8.30. The van der Waals surface area contributed by atoms with Crippen LogP contribution in [-0.4, -0.2) is 27.0 Å². The van der Waals surface area contributed by atoms with Crippen molar-refractivity contribution >= 4 is 25.4 Å². The minimum absolute atomic E-state index is 0.0606. The number of hydrogen-bond acceptors (Lipinski definition) is 2. The molecule has 2 unspecified atom stereocenters. The zero-order valence-corrected chi connectivity index (χ0v) is 14.9. The van der Waals surface area contributed by atoms with Gasteiger partial charge in [-0.25, -0.2) is 0 Å². The van der Waals surface area contributed by atoms with E-state index in [2.05, 4.69) is 30.3 Å². The van der Waals surface area contributed by atoms with Crippen LogP contribution in [0.2, 0.25) is 4.82 Å². The van der Waals surface area contributed by atoms with E-state index in [1.54, 1.807) is 0 Å². The van der Waals surface area contributed by atoms with E-state index in [-0.39, 0.29) is 12.1 Å². The number of benzene rings is 2. The molecule has 0 bridgehead atoms. The molecular weight excluding hydrogens is 351 g/mol. The molecule has 1 saturated carbocycles. The third-order valence-electron chi connectivity index (χ3n) is 4.19. The number of carbonyl (C=O) groups excluding carboxylic acids is 1. The van der Waals surface area contributed by atoms with E-state index >= 15 is 0 Å². The summed E-state index contributed by atoms with van der Waals surface area (Å²) in [5, 5.41) is 0. The fraction of sp³-hybridized carbons (Fsp3) is 0.350. The maximum atomic E-state index is 12.4. The second-order valence-corrected chi connectivity index (χ2v) is 8.67. The first-order chi connectivity index (χ1) is 11.3. The molecule has 0 radical (unpaired) electrons. The molecule has 0 saturated heterocycles. The van der Waals surface area contributed by atoms with E-state index in [1.165, 1.54) is 23.7 Å². The molecule has 0 N–H and O–H groups in total. The molecule has 3 rings (SSSR count). The summed E-state index contributed by atoms with van der Waals surface area (Å²) in [6, 6.07) is 20.0. The van der Waals surface area contributed by atoms with Crippen LogP contribution >= 0.6 is 0 Å². The summed E-state index contributed by atoms with van der Waals surface area (Å²) in [7, 11) is 0. The Bertz CT molecular complexity index is 612. The van der Waals surface area contributed by atoms with Crippen molar-refractivity contribution in [2.75, 3.05) is 0 Å². The Morgan fingerprint density at radius 1 is 0.870 bits per heavy atom. The summed E-state index contributed by atoms with van der Waals surface area (Å²) in [5.41, 5.74) is 0.655. The molecule has 120 valence electrons. The molecule has 1 aliphatic rings. The predicted octanol–water partition coefficient (Wildman–Crippen LogP) is 3.99. The SMILES string of the molecule is O=C(OC1CCCCCC1[Se]c1ccccc1)c1ccccc1. The van der Waals surface area contributed by atoms with Crippen LogP contribution in [0.5, 0.6) is 0 Å². The van der Waals surface area contributed by atoms with Gasteiger partial charge in [-0.05, 0) is 0 Å². The molecular formula is C20H22O2Se. The molecule has 0 spiro atoms. The second kappa shape index (κ2) is 8.33. The van der Waals surface area contributed by atoms with E-state index in [1.807, 2.05) is 30.3 Å². The quantitative estimate of drug-likeness (QED) is 0.460. The van der Waals surface area contributed by atoms with E-state index in [0.29, 0.717) is 25.3 Å². The second-order valence-electron chi connectivity index (χ2n) is 5.92. The Hall–Kier alpha value is -1.57. The minimum atomic E-state index is -0.175. The Balaban J connectivity index is 1.70. The molecule has 1 aliphatic carbocycles. The first-order valence-corrected chi connectivity index (χ1v) is 10.2. The van der Waals surface area contributed by atoms with Gasteiger partial charge in [-0.1, -0.05) is 0 Å². The molecule has 0 aliphatic heterocycles. The number of hydrogen-bond donors (Lipinski definition) is 0. The average molecular weight is 373 g/mol. The van der Waals surface area contributed by atoms with Crippen LogP contribution in [0.1, 0.15) is 42.5 Å². The number of carbonyl (C=O) groups is 1. The van der Waals surface area contributed by atoms with Crippen molar-refractivity contribution in [2.24, 2.45) is 0 Å². The normalized spacial score (nSPS) is 21.4. The molecule has 2 aromatic carbocycles. The van der Waals surface area contributed by atoms with Gasteiger partial charge < -0.3 is 0 Å². The van der Waals surface area contributed by atoms with Crippen molar-refractivity contribution in [1.82, 2.24) is 0 Å².